The number of benzene rings is 1. The summed E-state index contributed by atoms with van der Waals surface area (Å²) in [6.45, 7) is 4.29. The van der Waals surface area contributed by atoms with Gasteiger partial charge in [0.1, 0.15) is 0 Å². The van der Waals surface area contributed by atoms with Crippen LogP contribution in [0.1, 0.15) is 5.56 Å². The van der Waals surface area contributed by atoms with E-state index in [0.717, 1.165) is 11.1 Å². The van der Waals surface area contributed by atoms with Crippen molar-refractivity contribution in [2.24, 2.45) is 0 Å². The lowest BCUT2D eigenvalue weighted by Crippen LogP contribution is -2.25. The van der Waals surface area contributed by atoms with Crippen molar-refractivity contribution in [1.29, 1.82) is 0 Å². The Morgan fingerprint density at radius 3 is 2.85 bits per heavy atom. The average molecular weight is 267 g/mol. The second-order valence-electron chi connectivity index (χ2n) is 4.43. The van der Waals surface area contributed by atoms with E-state index in [1.54, 1.807) is 0 Å². The van der Waals surface area contributed by atoms with Crippen molar-refractivity contribution in [1.82, 2.24) is 19.5 Å². The van der Waals surface area contributed by atoms with Gasteiger partial charge in [-0.2, -0.15) is 4.98 Å². The molecule has 3 N–H and O–H groups in total. The second kappa shape index (κ2) is 4.65. The lowest BCUT2D eigenvalue weighted by Gasteiger charge is -2.10. The zero-order valence-electron chi connectivity index (χ0n) is 10.7. The first-order chi connectivity index (χ1) is 9.66. The van der Waals surface area contributed by atoms with E-state index in [9.17, 15) is 4.79 Å². The molecule has 0 unspecified atom stereocenters. The second-order valence-corrected chi connectivity index (χ2v) is 4.43. The van der Waals surface area contributed by atoms with E-state index in [1.807, 2.05) is 30.3 Å². The summed E-state index contributed by atoms with van der Waals surface area (Å²) in [7, 11) is 0. The van der Waals surface area contributed by atoms with Gasteiger partial charge in [-0.25, -0.2) is 4.98 Å². The van der Waals surface area contributed by atoms with Crippen LogP contribution in [0.5, 0.6) is 0 Å². The van der Waals surface area contributed by atoms with Gasteiger partial charge in [0.25, 0.3) is 5.56 Å². The van der Waals surface area contributed by atoms with E-state index < -0.39 is 0 Å². The van der Waals surface area contributed by atoms with Gasteiger partial charge in [-0.05, 0) is 11.1 Å². The number of hydrogen-bond donors (Lipinski definition) is 2. The normalized spacial score (nSPS) is 10.8. The first kappa shape index (κ1) is 12.2. The number of imidazole rings is 1. The summed E-state index contributed by atoms with van der Waals surface area (Å²) in [5.74, 6) is 0.131. The Morgan fingerprint density at radius 2 is 2.10 bits per heavy atom. The van der Waals surface area contributed by atoms with Gasteiger partial charge in [0.15, 0.2) is 11.2 Å². The standard InChI is InChI=1S/C14H13N5O/c1-9(10-5-3-2-4-6-10)7-19-13(20)11-12(17-8-16-11)18-14(19)15/h2-6,8H,1,7H2,(H2,15,18)(H,16,17). The molecule has 2 aromatic heterocycles. The fourth-order valence-corrected chi connectivity index (χ4v) is 2.05. The number of fused-ring (bicyclic) bond motifs is 1. The average Bonchev–Trinajstić information content (AvgIpc) is 2.92. The highest BCUT2D eigenvalue weighted by Gasteiger charge is 2.11. The molecule has 20 heavy (non-hydrogen) atoms. The number of allylic oxidation sites excluding steroid dienone is 1. The largest absolute Gasteiger partial charge is 0.369 e. The van der Waals surface area contributed by atoms with Crippen molar-refractivity contribution in [2.75, 3.05) is 5.73 Å². The summed E-state index contributed by atoms with van der Waals surface area (Å²) < 4.78 is 1.38. The van der Waals surface area contributed by atoms with Crippen LogP contribution in [0.15, 0.2) is 48.0 Å². The molecule has 0 fully saturated rings. The van der Waals surface area contributed by atoms with Crippen LogP contribution >= 0.6 is 0 Å². The van der Waals surface area contributed by atoms with Crippen LogP contribution in [-0.2, 0) is 6.54 Å². The molecule has 0 atom stereocenters. The van der Waals surface area contributed by atoms with Crippen molar-refractivity contribution in [3.63, 3.8) is 0 Å². The minimum absolute atomic E-state index is 0.131. The molecule has 0 spiro atoms. The van der Waals surface area contributed by atoms with Gasteiger partial charge in [0, 0.05) is 0 Å². The summed E-state index contributed by atoms with van der Waals surface area (Å²) in [4.78, 5) is 23.1. The molecule has 0 saturated heterocycles. The molecule has 3 rings (SSSR count). The Kier molecular flexibility index (Phi) is 2.83. The van der Waals surface area contributed by atoms with Crippen LogP contribution in [0.2, 0.25) is 0 Å². The maximum Gasteiger partial charge on any atom is 0.281 e. The maximum absolute atomic E-state index is 12.3. The number of aromatic amines is 1. The molecular weight excluding hydrogens is 254 g/mol. The minimum atomic E-state index is -0.248. The monoisotopic (exact) mass is 267 g/mol. The van der Waals surface area contributed by atoms with Crippen LogP contribution in [-0.4, -0.2) is 19.5 Å². The number of nitrogen functional groups attached to an aromatic ring is 1. The highest BCUT2D eigenvalue weighted by Crippen LogP contribution is 2.15. The highest BCUT2D eigenvalue weighted by molar-refractivity contribution is 5.70. The minimum Gasteiger partial charge on any atom is -0.369 e. The summed E-state index contributed by atoms with van der Waals surface area (Å²) >= 11 is 0. The topological polar surface area (TPSA) is 89.6 Å². The van der Waals surface area contributed by atoms with Crippen LogP contribution in [0, 0.1) is 0 Å². The number of aromatic nitrogens is 4. The van der Waals surface area contributed by atoms with E-state index in [1.165, 1.54) is 10.9 Å². The molecule has 0 aliphatic rings. The lowest BCUT2D eigenvalue weighted by molar-refractivity contribution is 0.793. The molecule has 0 saturated carbocycles. The molecule has 100 valence electrons. The molecule has 0 aliphatic carbocycles. The Bertz CT molecular complexity index is 832. The fourth-order valence-electron chi connectivity index (χ4n) is 2.05. The Balaban J connectivity index is 2.03. The quantitative estimate of drug-likeness (QED) is 0.751. The van der Waals surface area contributed by atoms with Crippen molar-refractivity contribution in [3.05, 3.63) is 59.2 Å². The molecule has 0 amide bonds. The first-order valence-electron chi connectivity index (χ1n) is 6.09. The van der Waals surface area contributed by atoms with Crippen LogP contribution in [0.25, 0.3) is 16.7 Å². The smallest absolute Gasteiger partial charge is 0.281 e. The summed E-state index contributed by atoms with van der Waals surface area (Å²) in [6, 6.07) is 9.64. The molecular formula is C14H13N5O. The van der Waals surface area contributed by atoms with Crippen molar-refractivity contribution < 1.29 is 0 Å². The van der Waals surface area contributed by atoms with E-state index in [4.69, 9.17) is 5.73 Å². The molecule has 2 heterocycles. The van der Waals surface area contributed by atoms with Gasteiger partial charge in [-0.15, -0.1) is 0 Å². The van der Waals surface area contributed by atoms with E-state index in [-0.39, 0.29) is 18.1 Å². The molecule has 0 bridgehead atoms. The summed E-state index contributed by atoms with van der Waals surface area (Å²) in [6.07, 6.45) is 1.43. The van der Waals surface area contributed by atoms with E-state index in [0.29, 0.717) is 11.2 Å². The Hall–Kier alpha value is -2.89. The van der Waals surface area contributed by atoms with Crippen LogP contribution in [0.3, 0.4) is 0 Å². The third-order valence-corrected chi connectivity index (χ3v) is 3.11. The Labute approximate surface area is 114 Å². The fraction of sp³-hybridized carbons (Fsp3) is 0.0714. The molecule has 0 aliphatic heterocycles. The Morgan fingerprint density at radius 1 is 1.35 bits per heavy atom. The maximum atomic E-state index is 12.3. The van der Waals surface area contributed by atoms with Crippen molar-refractivity contribution in [2.45, 2.75) is 6.54 Å². The number of rotatable bonds is 3. The van der Waals surface area contributed by atoms with Gasteiger partial charge in [-0.1, -0.05) is 36.9 Å². The zero-order valence-corrected chi connectivity index (χ0v) is 10.7. The molecule has 1 aromatic carbocycles. The van der Waals surface area contributed by atoms with Gasteiger partial charge in [0.05, 0.1) is 12.9 Å². The number of hydrogen-bond acceptors (Lipinski definition) is 4. The van der Waals surface area contributed by atoms with Crippen molar-refractivity contribution in [3.8, 4) is 0 Å². The highest BCUT2D eigenvalue weighted by atomic mass is 16.1. The number of H-pyrrole nitrogens is 1. The number of nitrogens with zero attached hydrogens (tertiary/aromatic N) is 3. The predicted molar refractivity (Wildman–Crippen MR) is 78.0 cm³/mol. The van der Waals surface area contributed by atoms with E-state index in [2.05, 4.69) is 21.5 Å². The predicted octanol–water partition coefficient (Wildman–Crippen LogP) is 1.42. The van der Waals surface area contributed by atoms with Gasteiger partial charge in [0.2, 0.25) is 5.95 Å². The summed E-state index contributed by atoms with van der Waals surface area (Å²) in [5, 5.41) is 0. The number of anilines is 1. The summed E-state index contributed by atoms with van der Waals surface area (Å²) in [5.41, 5.74) is 8.01. The molecule has 6 heteroatoms. The number of nitrogens with one attached hydrogen (secondary N) is 1. The van der Waals surface area contributed by atoms with E-state index >= 15 is 0 Å². The third-order valence-electron chi connectivity index (χ3n) is 3.11. The zero-order chi connectivity index (χ0) is 14.1. The van der Waals surface area contributed by atoms with Gasteiger partial charge < -0.3 is 10.7 Å². The van der Waals surface area contributed by atoms with Crippen LogP contribution in [0.4, 0.5) is 5.95 Å². The van der Waals surface area contributed by atoms with Gasteiger partial charge in [-0.3, -0.25) is 9.36 Å². The molecule has 3 aromatic rings. The molecule has 6 nitrogen and oxygen atoms in total. The number of nitrogens with two attached hydrogens (primary N) is 1. The van der Waals surface area contributed by atoms with Gasteiger partial charge >= 0.3 is 0 Å². The lowest BCUT2D eigenvalue weighted by atomic mass is 10.1. The third kappa shape index (κ3) is 1.97. The van der Waals surface area contributed by atoms with Crippen molar-refractivity contribution >= 4 is 22.7 Å². The molecule has 0 radical (unpaired) electrons. The van der Waals surface area contributed by atoms with Crippen LogP contribution < -0.4 is 11.3 Å². The first-order valence-corrected chi connectivity index (χ1v) is 6.09. The SMILES string of the molecule is C=C(Cn1c(N)nc2nc[nH]c2c1=O)c1ccccc1.